The Bertz CT molecular complexity index is 1120. The van der Waals surface area contributed by atoms with Gasteiger partial charge in [0.25, 0.3) is 5.91 Å². The van der Waals surface area contributed by atoms with Crippen LogP contribution in [0.3, 0.4) is 0 Å². The number of alkyl halides is 3. The number of amides is 1. The molecular formula is C22H16Cl2F3NO4. The zero-order chi connectivity index (χ0) is 23.3. The van der Waals surface area contributed by atoms with Crippen molar-refractivity contribution in [3.05, 3.63) is 81.8 Å². The Morgan fingerprint density at radius 3 is 2.47 bits per heavy atom. The van der Waals surface area contributed by atoms with Crippen LogP contribution in [0.2, 0.25) is 10.0 Å². The Labute approximate surface area is 191 Å². The number of rotatable bonds is 7. The predicted octanol–water partition coefficient (Wildman–Crippen LogP) is 6.47. The Hall–Kier alpha value is -3.10. The van der Waals surface area contributed by atoms with Gasteiger partial charge in [-0.2, -0.15) is 0 Å². The second kappa shape index (κ2) is 10.0. The molecule has 3 aromatic rings. The molecule has 2 N–H and O–H groups in total. The van der Waals surface area contributed by atoms with E-state index in [1.54, 1.807) is 18.2 Å². The van der Waals surface area contributed by atoms with Crippen LogP contribution >= 0.6 is 23.2 Å². The van der Waals surface area contributed by atoms with E-state index in [0.29, 0.717) is 10.6 Å². The smallest absolute Gasteiger partial charge is 0.507 e. The highest BCUT2D eigenvalue weighted by molar-refractivity contribution is 6.31. The van der Waals surface area contributed by atoms with E-state index < -0.39 is 12.3 Å². The minimum absolute atomic E-state index is 0.0371. The van der Waals surface area contributed by atoms with Crippen molar-refractivity contribution in [2.24, 2.45) is 0 Å². The summed E-state index contributed by atoms with van der Waals surface area (Å²) in [5.74, 6) is -0.922. The molecule has 0 aliphatic heterocycles. The first-order valence-electron chi connectivity index (χ1n) is 9.17. The summed E-state index contributed by atoms with van der Waals surface area (Å²) in [4.78, 5) is 12.6. The highest BCUT2D eigenvalue weighted by Gasteiger charge is 2.31. The number of nitrogens with one attached hydrogen (secondary N) is 1. The molecule has 0 fully saturated rings. The van der Waals surface area contributed by atoms with Crippen LogP contribution in [0, 0.1) is 0 Å². The maximum atomic E-state index is 12.6. The van der Waals surface area contributed by atoms with Crippen LogP contribution in [-0.2, 0) is 6.42 Å². The molecule has 3 rings (SSSR count). The van der Waals surface area contributed by atoms with E-state index in [1.165, 1.54) is 42.5 Å². The number of ether oxygens (including phenoxy) is 2. The fourth-order valence-electron chi connectivity index (χ4n) is 2.78. The van der Waals surface area contributed by atoms with E-state index >= 15 is 0 Å². The van der Waals surface area contributed by atoms with Gasteiger partial charge in [-0.15, -0.1) is 13.2 Å². The molecule has 1 amide bonds. The summed E-state index contributed by atoms with van der Waals surface area (Å²) in [5.41, 5.74) is 0.774. The van der Waals surface area contributed by atoms with Gasteiger partial charge >= 0.3 is 6.36 Å². The molecular weight excluding hydrogens is 470 g/mol. The Kier molecular flexibility index (Phi) is 7.37. The number of aromatic hydroxyl groups is 1. The van der Waals surface area contributed by atoms with Crippen LogP contribution in [0.15, 0.2) is 60.7 Å². The lowest BCUT2D eigenvalue weighted by Crippen LogP contribution is -2.17. The first-order valence-corrected chi connectivity index (χ1v) is 9.93. The summed E-state index contributed by atoms with van der Waals surface area (Å²) in [5, 5.41) is 13.1. The Balaban J connectivity index is 1.69. The number of hydrogen-bond acceptors (Lipinski definition) is 4. The van der Waals surface area contributed by atoms with Gasteiger partial charge in [0.15, 0.2) is 0 Å². The summed E-state index contributed by atoms with van der Waals surface area (Å²) in [7, 11) is 0. The number of anilines is 1. The van der Waals surface area contributed by atoms with Crippen molar-refractivity contribution < 1.29 is 32.5 Å². The molecule has 32 heavy (non-hydrogen) atoms. The molecule has 0 heterocycles. The van der Waals surface area contributed by atoms with Gasteiger partial charge in [0.1, 0.15) is 17.2 Å². The van der Waals surface area contributed by atoms with Gasteiger partial charge in [0.2, 0.25) is 0 Å². The molecule has 0 aliphatic carbocycles. The van der Waals surface area contributed by atoms with E-state index in [-0.39, 0.29) is 46.5 Å². The van der Waals surface area contributed by atoms with Crippen molar-refractivity contribution in [1.82, 2.24) is 0 Å². The van der Waals surface area contributed by atoms with Crippen LogP contribution in [0.5, 0.6) is 17.2 Å². The Morgan fingerprint density at radius 1 is 1.00 bits per heavy atom. The van der Waals surface area contributed by atoms with Gasteiger partial charge < -0.3 is 19.9 Å². The van der Waals surface area contributed by atoms with Crippen LogP contribution < -0.4 is 14.8 Å². The second-order valence-corrected chi connectivity index (χ2v) is 7.42. The summed E-state index contributed by atoms with van der Waals surface area (Å²) in [6.45, 7) is 0.0996. The summed E-state index contributed by atoms with van der Waals surface area (Å²) in [6.07, 6.45) is -4.50. The largest absolute Gasteiger partial charge is 0.573 e. The molecule has 3 aromatic carbocycles. The minimum atomic E-state index is -4.77. The first-order chi connectivity index (χ1) is 15.1. The van der Waals surface area contributed by atoms with Crippen molar-refractivity contribution in [1.29, 1.82) is 0 Å². The second-order valence-electron chi connectivity index (χ2n) is 6.55. The normalized spacial score (nSPS) is 11.2. The molecule has 0 bridgehead atoms. The van der Waals surface area contributed by atoms with Gasteiger partial charge in [0.05, 0.1) is 17.9 Å². The lowest BCUT2D eigenvalue weighted by Gasteiger charge is -2.14. The molecule has 0 aliphatic rings. The maximum absolute atomic E-state index is 12.6. The molecule has 0 aromatic heterocycles. The molecule has 10 heteroatoms. The standard InChI is InChI=1S/C22H16Cl2F3NO4/c23-14-4-6-19(29)17(11-14)21(30)28-18-12-15(24)5-7-20(18)31-9-8-13-2-1-3-16(10-13)32-22(25,26)27/h1-7,10-12,29H,8-9H2,(H,28,30). The van der Waals surface area contributed by atoms with Crippen molar-refractivity contribution in [3.63, 3.8) is 0 Å². The monoisotopic (exact) mass is 485 g/mol. The third-order valence-corrected chi connectivity index (χ3v) is 4.64. The van der Waals surface area contributed by atoms with Crippen LogP contribution in [0.25, 0.3) is 0 Å². The Morgan fingerprint density at radius 2 is 1.72 bits per heavy atom. The van der Waals surface area contributed by atoms with Gasteiger partial charge in [0, 0.05) is 16.5 Å². The number of hydrogen-bond donors (Lipinski definition) is 2. The average molecular weight is 486 g/mol. The number of halogens is 5. The molecule has 0 radical (unpaired) electrons. The van der Waals surface area contributed by atoms with E-state index in [4.69, 9.17) is 27.9 Å². The van der Waals surface area contributed by atoms with E-state index in [0.717, 1.165) is 0 Å². The van der Waals surface area contributed by atoms with E-state index in [2.05, 4.69) is 10.1 Å². The lowest BCUT2D eigenvalue weighted by molar-refractivity contribution is -0.274. The lowest BCUT2D eigenvalue weighted by atomic mass is 10.1. The number of benzene rings is 3. The zero-order valence-corrected chi connectivity index (χ0v) is 17.8. The van der Waals surface area contributed by atoms with Gasteiger partial charge in [-0.1, -0.05) is 35.3 Å². The maximum Gasteiger partial charge on any atom is 0.573 e. The zero-order valence-electron chi connectivity index (χ0n) is 16.2. The van der Waals surface area contributed by atoms with Crippen LogP contribution in [0.1, 0.15) is 15.9 Å². The predicted molar refractivity (Wildman–Crippen MR) is 115 cm³/mol. The van der Waals surface area contributed by atoms with Crippen molar-refractivity contribution >= 4 is 34.8 Å². The molecule has 0 unspecified atom stereocenters. The number of phenols is 1. The van der Waals surface area contributed by atoms with Crippen molar-refractivity contribution in [2.75, 3.05) is 11.9 Å². The quantitative estimate of drug-likeness (QED) is 0.402. The van der Waals surface area contributed by atoms with E-state index in [1.807, 2.05) is 0 Å². The fourth-order valence-corrected chi connectivity index (χ4v) is 3.13. The molecule has 0 saturated heterocycles. The third-order valence-electron chi connectivity index (χ3n) is 4.17. The van der Waals surface area contributed by atoms with Crippen LogP contribution in [-0.4, -0.2) is 24.0 Å². The molecule has 5 nitrogen and oxygen atoms in total. The van der Waals surface area contributed by atoms with Gasteiger partial charge in [-0.25, -0.2) is 0 Å². The highest BCUT2D eigenvalue weighted by Crippen LogP contribution is 2.30. The number of carbonyl (C=O) groups is 1. The number of phenolic OH excluding ortho intramolecular Hbond substituents is 1. The molecule has 0 spiro atoms. The SMILES string of the molecule is O=C(Nc1cc(Cl)ccc1OCCc1cccc(OC(F)(F)F)c1)c1cc(Cl)ccc1O. The van der Waals surface area contributed by atoms with Crippen LogP contribution in [0.4, 0.5) is 18.9 Å². The molecule has 168 valence electrons. The minimum Gasteiger partial charge on any atom is -0.507 e. The summed E-state index contributed by atoms with van der Waals surface area (Å²) in [6, 6.07) is 14.2. The van der Waals surface area contributed by atoms with Crippen molar-refractivity contribution in [2.45, 2.75) is 12.8 Å². The number of carbonyl (C=O) groups excluding carboxylic acids is 1. The topological polar surface area (TPSA) is 67.8 Å². The average Bonchev–Trinajstić information content (AvgIpc) is 2.70. The first kappa shape index (κ1) is 23.6. The summed E-state index contributed by atoms with van der Waals surface area (Å²) >= 11 is 11.9. The van der Waals surface area contributed by atoms with Crippen molar-refractivity contribution in [3.8, 4) is 17.2 Å². The summed E-state index contributed by atoms with van der Waals surface area (Å²) < 4.78 is 46.8. The van der Waals surface area contributed by atoms with Gasteiger partial charge in [-0.3, -0.25) is 4.79 Å². The molecule has 0 atom stereocenters. The highest BCUT2D eigenvalue weighted by atomic mass is 35.5. The van der Waals surface area contributed by atoms with E-state index in [9.17, 15) is 23.1 Å². The third kappa shape index (κ3) is 6.70. The fraction of sp³-hybridized carbons (Fsp3) is 0.136. The van der Waals surface area contributed by atoms with Gasteiger partial charge in [-0.05, 0) is 54.1 Å². The molecule has 0 saturated carbocycles.